The Morgan fingerprint density at radius 1 is 1.23 bits per heavy atom. The SMILES string of the molecule is CC(C)(C)OC(=O)N1CCC[C@H](N(Cc2cncnc2)Cc2cccc(Cl)c2F)CC1. The molecule has 31 heavy (non-hydrogen) atoms. The molecule has 1 aromatic heterocycles. The molecule has 8 heteroatoms. The summed E-state index contributed by atoms with van der Waals surface area (Å²) in [6.07, 6.45) is 7.29. The van der Waals surface area contributed by atoms with Crippen molar-refractivity contribution in [3.63, 3.8) is 0 Å². The molecule has 6 nitrogen and oxygen atoms in total. The standard InChI is InChI=1S/C23H30ClFN4O2/c1-23(2,3)31-22(30)28-10-5-7-19(9-11-28)29(14-17-12-26-16-27-13-17)15-18-6-4-8-20(24)21(18)25/h4,6,8,12-13,16,19H,5,7,9-11,14-15H2,1-3H3/t19-/m0/s1. The Morgan fingerprint density at radius 2 is 1.97 bits per heavy atom. The molecule has 0 saturated carbocycles. The van der Waals surface area contributed by atoms with Crippen molar-refractivity contribution in [3.05, 3.63) is 58.9 Å². The van der Waals surface area contributed by atoms with Gasteiger partial charge in [0.15, 0.2) is 0 Å². The van der Waals surface area contributed by atoms with E-state index < -0.39 is 5.60 Å². The topological polar surface area (TPSA) is 58.6 Å². The molecule has 0 unspecified atom stereocenters. The van der Waals surface area contributed by atoms with Crippen molar-refractivity contribution < 1.29 is 13.9 Å². The molecule has 0 N–H and O–H groups in total. The number of rotatable bonds is 5. The number of likely N-dealkylation sites (tertiary alicyclic amines) is 1. The van der Waals surface area contributed by atoms with Crippen LogP contribution in [0.1, 0.15) is 51.2 Å². The maximum atomic E-state index is 14.6. The molecule has 1 aliphatic heterocycles. The van der Waals surface area contributed by atoms with Crippen LogP contribution in [0.4, 0.5) is 9.18 Å². The van der Waals surface area contributed by atoms with E-state index in [4.69, 9.17) is 16.3 Å². The number of carbonyl (C=O) groups excluding carboxylic acids is 1. The number of hydrogen-bond acceptors (Lipinski definition) is 5. The summed E-state index contributed by atoms with van der Waals surface area (Å²) in [7, 11) is 0. The zero-order valence-corrected chi connectivity index (χ0v) is 19.1. The molecule has 0 spiro atoms. The number of hydrogen-bond donors (Lipinski definition) is 0. The number of amides is 1. The first kappa shape index (κ1) is 23.4. The van der Waals surface area contributed by atoms with Gasteiger partial charge in [-0.25, -0.2) is 19.2 Å². The summed E-state index contributed by atoms with van der Waals surface area (Å²) < 4.78 is 20.2. The second-order valence-corrected chi connectivity index (χ2v) is 9.32. The summed E-state index contributed by atoms with van der Waals surface area (Å²) in [6.45, 7) is 7.86. The van der Waals surface area contributed by atoms with Crippen LogP contribution in [-0.2, 0) is 17.8 Å². The summed E-state index contributed by atoms with van der Waals surface area (Å²) in [5.74, 6) is -0.387. The van der Waals surface area contributed by atoms with E-state index in [9.17, 15) is 9.18 Å². The Kier molecular flexibility index (Phi) is 7.84. The van der Waals surface area contributed by atoms with E-state index in [2.05, 4.69) is 14.9 Å². The second kappa shape index (κ2) is 10.4. The highest BCUT2D eigenvalue weighted by molar-refractivity contribution is 6.30. The lowest BCUT2D eigenvalue weighted by Gasteiger charge is -2.31. The maximum Gasteiger partial charge on any atom is 0.410 e. The zero-order chi connectivity index (χ0) is 22.4. The number of carbonyl (C=O) groups is 1. The molecule has 1 aromatic carbocycles. The van der Waals surface area contributed by atoms with Crippen molar-refractivity contribution in [3.8, 4) is 0 Å². The molecule has 1 atom stereocenters. The lowest BCUT2D eigenvalue weighted by Crippen LogP contribution is -2.39. The predicted octanol–water partition coefficient (Wildman–Crippen LogP) is 5.06. The number of nitrogens with zero attached hydrogens (tertiary/aromatic N) is 4. The van der Waals surface area contributed by atoms with Crippen LogP contribution in [0, 0.1) is 5.82 Å². The largest absolute Gasteiger partial charge is 0.444 e. The number of aromatic nitrogens is 2. The molecular formula is C23H30ClFN4O2. The number of halogens is 2. The van der Waals surface area contributed by atoms with Gasteiger partial charge in [-0.05, 0) is 46.1 Å². The first-order valence-electron chi connectivity index (χ1n) is 10.6. The van der Waals surface area contributed by atoms with Crippen molar-refractivity contribution in [1.29, 1.82) is 0 Å². The van der Waals surface area contributed by atoms with Gasteiger partial charge in [0.2, 0.25) is 0 Å². The molecule has 1 saturated heterocycles. The molecular weight excluding hydrogens is 419 g/mol. The Hall–Kier alpha value is -2.25. The lowest BCUT2D eigenvalue weighted by atomic mass is 10.0. The summed E-state index contributed by atoms with van der Waals surface area (Å²) in [4.78, 5) is 24.7. The molecule has 168 valence electrons. The van der Waals surface area contributed by atoms with E-state index in [0.29, 0.717) is 31.7 Å². The molecule has 1 fully saturated rings. The highest BCUT2D eigenvalue weighted by Crippen LogP contribution is 2.25. The number of ether oxygens (including phenoxy) is 1. The minimum absolute atomic E-state index is 0.123. The molecule has 2 heterocycles. The van der Waals surface area contributed by atoms with Gasteiger partial charge < -0.3 is 9.64 Å². The number of benzene rings is 1. The summed E-state index contributed by atoms with van der Waals surface area (Å²) in [5, 5.41) is 0.123. The highest BCUT2D eigenvalue weighted by Gasteiger charge is 2.28. The average Bonchev–Trinajstić information content (AvgIpc) is 2.97. The van der Waals surface area contributed by atoms with Gasteiger partial charge in [-0.1, -0.05) is 23.7 Å². The normalized spacial score (nSPS) is 17.5. The molecule has 1 amide bonds. The molecule has 0 bridgehead atoms. The Bertz CT molecular complexity index is 876. The molecule has 2 aromatic rings. The minimum Gasteiger partial charge on any atom is -0.444 e. The predicted molar refractivity (Wildman–Crippen MR) is 118 cm³/mol. The van der Waals surface area contributed by atoms with Crippen LogP contribution in [0.15, 0.2) is 36.9 Å². The first-order chi connectivity index (χ1) is 14.7. The second-order valence-electron chi connectivity index (χ2n) is 8.92. The van der Waals surface area contributed by atoms with Crippen LogP contribution < -0.4 is 0 Å². The van der Waals surface area contributed by atoms with Gasteiger partial charge in [-0.15, -0.1) is 0 Å². The fraction of sp³-hybridized carbons (Fsp3) is 0.522. The van der Waals surface area contributed by atoms with Crippen LogP contribution >= 0.6 is 11.6 Å². The highest BCUT2D eigenvalue weighted by atomic mass is 35.5. The van der Waals surface area contributed by atoms with Crippen LogP contribution in [0.3, 0.4) is 0 Å². The van der Waals surface area contributed by atoms with Gasteiger partial charge in [0.25, 0.3) is 0 Å². The van der Waals surface area contributed by atoms with E-state index in [1.54, 1.807) is 35.5 Å². The van der Waals surface area contributed by atoms with Crippen molar-refractivity contribution in [1.82, 2.24) is 19.8 Å². The third-order valence-electron chi connectivity index (χ3n) is 5.27. The fourth-order valence-electron chi connectivity index (χ4n) is 3.80. The van der Waals surface area contributed by atoms with E-state index in [0.717, 1.165) is 24.8 Å². The Balaban J connectivity index is 1.75. The van der Waals surface area contributed by atoms with E-state index in [1.165, 1.54) is 6.33 Å². The van der Waals surface area contributed by atoms with Gasteiger partial charge in [-0.3, -0.25) is 4.90 Å². The summed E-state index contributed by atoms with van der Waals surface area (Å²) in [6, 6.07) is 5.26. The van der Waals surface area contributed by atoms with Crippen molar-refractivity contribution in [2.75, 3.05) is 13.1 Å². The summed E-state index contributed by atoms with van der Waals surface area (Å²) in [5.41, 5.74) is 0.988. The van der Waals surface area contributed by atoms with Crippen LogP contribution in [0.2, 0.25) is 5.02 Å². The quantitative estimate of drug-likeness (QED) is 0.639. The van der Waals surface area contributed by atoms with Crippen LogP contribution in [0.25, 0.3) is 0 Å². The Labute approximate surface area is 188 Å². The van der Waals surface area contributed by atoms with Gasteiger partial charge in [-0.2, -0.15) is 0 Å². The van der Waals surface area contributed by atoms with Crippen LogP contribution in [-0.4, -0.2) is 50.6 Å². The van der Waals surface area contributed by atoms with Crippen LogP contribution in [0.5, 0.6) is 0 Å². The van der Waals surface area contributed by atoms with E-state index in [1.807, 2.05) is 20.8 Å². The molecule has 0 aliphatic carbocycles. The average molecular weight is 449 g/mol. The van der Waals surface area contributed by atoms with Gasteiger partial charge in [0.1, 0.15) is 17.7 Å². The maximum absolute atomic E-state index is 14.6. The third-order valence-corrected chi connectivity index (χ3v) is 5.56. The molecule has 1 aliphatic rings. The van der Waals surface area contributed by atoms with Gasteiger partial charge in [0.05, 0.1) is 5.02 Å². The van der Waals surface area contributed by atoms with Gasteiger partial charge >= 0.3 is 6.09 Å². The van der Waals surface area contributed by atoms with Crippen molar-refractivity contribution in [2.45, 2.75) is 64.8 Å². The van der Waals surface area contributed by atoms with Gasteiger partial charge in [0, 0.05) is 55.7 Å². The van der Waals surface area contributed by atoms with Crippen molar-refractivity contribution in [2.24, 2.45) is 0 Å². The first-order valence-corrected chi connectivity index (χ1v) is 11.0. The lowest BCUT2D eigenvalue weighted by molar-refractivity contribution is 0.0252. The fourth-order valence-corrected chi connectivity index (χ4v) is 4.00. The zero-order valence-electron chi connectivity index (χ0n) is 18.4. The third kappa shape index (κ3) is 6.87. The Morgan fingerprint density at radius 3 is 2.68 bits per heavy atom. The monoisotopic (exact) mass is 448 g/mol. The van der Waals surface area contributed by atoms with Crippen molar-refractivity contribution >= 4 is 17.7 Å². The molecule has 3 rings (SSSR count). The molecule has 0 radical (unpaired) electrons. The summed E-state index contributed by atoms with van der Waals surface area (Å²) >= 11 is 6.00. The smallest absolute Gasteiger partial charge is 0.410 e. The van der Waals surface area contributed by atoms with E-state index in [-0.39, 0.29) is 23.0 Å². The minimum atomic E-state index is -0.522. The van der Waals surface area contributed by atoms with E-state index >= 15 is 0 Å².